The topological polar surface area (TPSA) is 67.2 Å². The van der Waals surface area contributed by atoms with Crippen LogP contribution in [0.4, 0.5) is 5.13 Å². The van der Waals surface area contributed by atoms with Crippen molar-refractivity contribution in [1.29, 1.82) is 0 Å². The van der Waals surface area contributed by atoms with Crippen LogP contribution in [-0.4, -0.2) is 56.7 Å². The molecule has 9 heteroatoms. The first-order chi connectivity index (χ1) is 13.0. The highest BCUT2D eigenvalue weighted by atomic mass is 35.5. The summed E-state index contributed by atoms with van der Waals surface area (Å²) in [7, 11) is 0. The van der Waals surface area contributed by atoms with Gasteiger partial charge < -0.3 is 9.80 Å². The predicted molar refractivity (Wildman–Crippen MR) is 106 cm³/mol. The molecule has 0 aliphatic carbocycles. The molecule has 1 amide bonds. The predicted octanol–water partition coefficient (Wildman–Crippen LogP) is 2.96. The zero-order valence-electron chi connectivity index (χ0n) is 15.1. The van der Waals surface area contributed by atoms with E-state index in [1.54, 1.807) is 33.1 Å². The first-order valence-electron chi connectivity index (χ1n) is 8.67. The zero-order chi connectivity index (χ0) is 19.0. The maximum Gasteiger partial charge on any atom is 0.293 e. The van der Waals surface area contributed by atoms with Gasteiger partial charge in [-0.1, -0.05) is 11.6 Å². The third-order valence-corrected chi connectivity index (χ3v) is 5.75. The highest BCUT2D eigenvalue weighted by Gasteiger charge is 2.26. The van der Waals surface area contributed by atoms with E-state index in [-0.39, 0.29) is 11.7 Å². The number of aryl methyl sites for hydroxylation is 2. The van der Waals surface area contributed by atoms with Crippen LogP contribution in [0, 0.1) is 13.8 Å². The number of amides is 1. The highest BCUT2D eigenvalue weighted by molar-refractivity contribution is 7.13. The number of hydrogen-bond acceptors (Lipinski definition) is 6. The summed E-state index contributed by atoms with van der Waals surface area (Å²) < 4.78 is 1.66. The largest absolute Gasteiger partial charge is 0.345 e. The average Bonchev–Trinajstić information content (AvgIpc) is 3.28. The third-order valence-electron chi connectivity index (χ3n) is 4.48. The second kappa shape index (κ2) is 7.28. The average molecular weight is 403 g/mol. The van der Waals surface area contributed by atoms with Crippen molar-refractivity contribution >= 4 is 34.0 Å². The number of anilines is 1. The SMILES string of the molecule is Cc1csc(N2CCN(C(=O)c3nc(C)n(-c4ccc(Cl)cc4)n3)CC2)n1. The monoisotopic (exact) mass is 402 g/mol. The number of rotatable bonds is 3. The fourth-order valence-corrected chi connectivity index (χ4v) is 4.02. The molecule has 0 spiro atoms. The number of hydrogen-bond donors (Lipinski definition) is 0. The van der Waals surface area contributed by atoms with E-state index in [2.05, 4.69) is 20.0 Å². The van der Waals surface area contributed by atoms with Crippen LogP contribution in [-0.2, 0) is 0 Å². The Morgan fingerprint density at radius 3 is 2.41 bits per heavy atom. The molecular weight excluding hydrogens is 384 g/mol. The van der Waals surface area contributed by atoms with Gasteiger partial charge in [0.15, 0.2) is 5.13 Å². The van der Waals surface area contributed by atoms with Gasteiger partial charge in [-0.25, -0.2) is 14.6 Å². The van der Waals surface area contributed by atoms with E-state index in [1.807, 2.05) is 31.4 Å². The Balaban J connectivity index is 1.46. The highest BCUT2D eigenvalue weighted by Crippen LogP contribution is 2.22. The summed E-state index contributed by atoms with van der Waals surface area (Å²) in [6, 6.07) is 7.29. The fourth-order valence-electron chi connectivity index (χ4n) is 3.04. The maximum absolute atomic E-state index is 12.8. The maximum atomic E-state index is 12.8. The van der Waals surface area contributed by atoms with E-state index in [0.717, 1.165) is 29.6 Å². The minimum atomic E-state index is -0.138. The van der Waals surface area contributed by atoms with Gasteiger partial charge in [-0.2, -0.15) is 0 Å². The van der Waals surface area contributed by atoms with E-state index in [9.17, 15) is 4.79 Å². The van der Waals surface area contributed by atoms with Gasteiger partial charge in [-0.15, -0.1) is 16.4 Å². The van der Waals surface area contributed by atoms with Gasteiger partial charge in [0.2, 0.25) is 5.82 Å². The Bertz CT molecular complexity index is 959. The molecule has 0 unspecified atom stereocenters. The first-order valence-corrected chi connectivity index (χ1v) is 9.93. The number of carbonyl (C=O) groups is 1. The molecule has 3 aromatic rings. The summed E-state index contributed by atoms with van der Waals surface area (Å²) >= 11 is 7.58. The van der Waals surface area contributed by atoms with E-state index < -0.39 is 0 Å². The summed E-state index contributed by atoms with van der Waals surface area (Å²) in [5.41, 5.74) is 1.85. The number of nitrogens with zero attached hydrogens (tertiary/aromatic N) is 6. The second-order valence-electron chi connectivity index (χ2n) is 6.42. The van der Waals surface area contributed by atoms with Crippen molar-refractivity contribution in [2.75, 3.05) is 31.1 Å². The first kappa shape index (κ1) is 17.9. The molecule has 0 N–H and O–H groups in total. The number of halogens is 1. The Labute approximate surface area is 166 Å². The molecule has 0 saturated carbocycles. The Kier molecular flexibility index (Phi) is 4.84. The van der Waals surface area contributed by atoms with Gasteiger partial charge >= 0.3 is 0 Å². The molecule has 0 bridgehead atoms. The standard InChI is InChI=1S/C18H19ClN6OS/c1-12-11-27-18(20-12)24-9-7-23(8-10-24)17(26)16-21-13(2)25(22-16)15-5-3-14(19)4-6-15/h3-6,11H,7-10H2,1-2H3. The van der Waals surface area contributed by atoms with E-state index in [4.69, 9.17) is 11.6 Å². The molecule has 0 atom stereocenters. The van der Waals surface area contributed by atoms with Crippen LogP contribution in [0.25, 0.3) is 5.69 Å². The molecule has 1 aliphatic rings. The minimum absolute atomic E-state index is 0.138. The molecule has 1 aromatic carbocycles. The Morgan fingerprint density at radius 1 is 1.07 bits per heavy atom. The van der Waals surface area contributed by atoms with Gasteiger partial charge in [-0.3, -0.25) is 4.79 Å². The molecule has 2 aromatic heterocycles. The Hall–Kier alpha value is -2.45. The molecule has 1 fully saturated rings. The lowest BCUT2D eigenvalue weighted by molar-refractivity contribution is 0.0734. The summed E-state index contributed by atoms with van der Waals surface area (Å²) in [5.74, 6) is 0.749. The second-order valence-corrected chi connectivity index (χ2v) is 7.69. The van der Waals surface area contributed by atoms with Crippen molar-refractivity contribution in [1.82, 2.24) is 24.6 Å². The van der Waals surface area contributed by atoms with Crippen molar-refractivity contribution in [3.63, 3.8) is 0 Å². The summed E-state index contributed by atoms with van der Waals surface area (Å²) in [6.07, 6.45) is 0. The molecule has 4 rings (SSSR count). The van der Waals surface area contributed by atoms with Gasteiger partial charge in [0.05, 0.1) is 11.4 Å². The summed E-state index contributed by atoms with van der Waals surface area (Å²) in [4.78, 5) is 25.7. The third kappa shape index (κ3) is 3.68. The smallest absolute Gasteiger partial charge is 0.293 e. The van der Waals surface area contributed by atoms with E-state index >= 15 is 0 Å². The summed E-state index contributed by atoms with van der Waals surface area (Å²) in [6.45, 7) is 6.61. The van der Waals surface area contributed by atoms with E-state index in [0.29, 0.717) is 23.9 Å². The van der Waals surface area contributed by atoms with Gasteiger partial charge in [0.1, 0.15) is 5.82 Å². The van der Waals surface area contributed by atoms with Crippen molar-refractivity contribution in [2.24, 2.45) is 0 Å². The Morgan fingerprint density at radius 2 is 1.78 bits per heavy atom. The number of carbonyl (C=O) groups excluding carboxylic acids is 1. The lowest BCUT2D eigenvalue weighted by Gasteiger charge is -2.33. The molecule has 7 nitrogen and oxygen atoms in total. The van der Waals surface area contributed by atoms with Crippen molar-refractivity contribution < 1.29 is 4.79 Å². The molecule has 27 heavy (non-hydrogen) atoms. The zero-order valence-corrected chi connectivity index (χ0v) is 16.7. The molecule has 1 aliphatic heterocycles. The number of aromatic nitrogens is 4. The van der Waals surface area contributed by atoms with Gasteiger partial charge in [-0.05, 0) is 38.1 Å². The lowest BCUT2D eigenvalue weighted by Crippen LogP contribution is -2.49. The fraction of sp³-hybridized carbons (Fsp3) is 0.333. The van der Waals surface area contributed by atoms with Crippen molar-refractivity contribution in [3.8, 4) is 5.69 Å². The molecular formula is C18H19ClN6OS. The van der Waals surface area contributed by atoms with Crippen LogP contribution < -0.4 is 4.90 Å². The summed E-state index contributed by atoms with van der Waals surface area (Å²) in [5, 5.41) is 8.13. The molecule has 1 saturated heterocycles. The van der Waals surface area contributed by atoms with E-state index in [1.165, 1.54) is 0 Å². The van der Waals surface area contributed by atoms with Crippen LogP contribution in [0.3, 0.4) is 0 Å². The van der Waals surface area contributed by atoms with Crippen molar-refractivity contribution in [2.45, 2.75) is 13.8 Å². The quantitative estimate of drug-likeness (QED) is 0.673. The molecule has 3 heterocycles. The number of benzene rings is 1. The lowest BCUT2D eigenvalue weighted by atomic mass is 10.3. The van der Waals surface area contributed by atoms with Crippen LogP contribution in [0.5, 0.6) is 0 Å². The minimum Gasteiger partial charge on any atom is -0.345 e. The number of thiazole rings is 1. The van der Waals surface area contributed by atoms with Crippen LogP contribution >= 0.6 is 22.9 Å². The molecule has 0 radical (unpaired) electrons. The van der Waals surface area contributed by atoms with Gasteiger partial charge in [0, 0.05) is 36.6 Å². The van der Waals surface area contributed by atoms with Crippen LogP contribution in [0.1, 0.15) is 22.1 Å². The van der Waals surface area contributed by atoms with Crippen LogP contribution in [0.2, 0.25) is 5.02 Å². The van der Waals surface area contributed by atoms with Gasteiger partial charge in [0.25, 0.3) is 5.91 Å². The normalized spacial score (nSPS) is 14.6. The number of piperazine rings is 1. The molecule has 140 valence electrons. The van der Waals surface area contributed by atoms with Crippen molar-refractivity contribution in [3.05, 3.63) is 52.0 Å². The van der Waals surface area contributed by atoms with Crippen LogP contribution in [0.15, 0.2) is 29.6 Å².